The molecule has 0 atom stereocenters. The number of hydrogen-bond acceptors (Lipinski definition) is 3. The molecule has 0 rings (SSSR count). The van der Waals surface area contributed by atoms with E-state index in [4.69, 9.17) is 10.5 Å². The monoisotopic (exact) mass is 292 g/mol. The Morgan fingerprint density at radius 3 is 2.35 bits per heavy atom. The van der Waals surface area contributed by atoms with Crippen LogP contribution in [0.4, 0.5) is 13.2 Å². The summed E-state index contributed by atoms with van der Waals surface area (Å²) in [7, 11) is 1.24. The summed E-state index contributed by atoms with van der Waals surface area (Å²) in [6.07, 6.45) is -2.05. The Labute approximate surface area is 118 Å². The van der Waals surface area contributed by atoms with Gasteiger partial charge in [0.1, 0.15) is 5.76 Å². The summed E-state index contributed by atoms with van der Waals surface area (Å²) < 4.78 is 44.2. The number of nitrogens with two attached hydrogens (primary N) is 1. The maximum atomic E-state index is 13.1. The molecule has 0 saturated carbocycles. The molecule has 0 aliphatic heterocycles. The van der Waals surface area contributed by atoms with Crippen LogP contribution in [-0.2, 0) is 4.74 Å². The first kappa shape index (κ1) is 18.7. The molecule has 0 aliphatic carbocycles. The first-order valence-corrected chi connectivity index (χ1v) is 6.37. The predicted molar refractivity (Wildman–Crippen MR) is 75.2 cm³/mol. The molecule has 0 aromatic rings. The second-order valence-electron chi connectivity index (χ2n) is 4.53. The van der Waals surface area contributed by atoms with Gasteiger partial charge in [0.25, 0.3) is 0 Å². The summed E-state index contributed by atoms with van der Waals surface area (Å²) in [5.74, 6) is -0.113. The van der Waals surface area contributed by atoms with Crippen molar-refractivity contribution in [2.24, 2.45) is 5.73 Å². The van der Waals surface area contributed by atoms with Crippen molar-refractivity contribution in [3.8, 4) is 0 Å². The maximum Gasteiger partial charge on any atom is 0.419 e. The van der Waals surface area contributed by atoms with E-state index in [-0.39, 0.29) is 24.8 Å². The minimum Gasteiger partial charge on any atom is -0.500 e. The van der Waals surface area contributed by atoms with Crippen molar-refractivity contribution < 1.29 is 17.9 Å². The molecule has 0 amide bonds. The minimum atomic E-state index is -4.49. The molecule has 0 bridgehead atoms. The van der Waals surface area contributed by atoms with Crippen molar-refractivity contribution in [3.05, 3.63) is 35.6 Å². The zero-order valence-electron chi connectivity index (χ0n) is 12.2. The molecule has 0 saturated heterocycles. The molecule has 0 aliphatic rings. The maximum absolute atomic E-state index is 13.1. The SMILES string of the molecule is C=C/C(=C\C(=C(/CCNC(C)C)OC)C(F)(F)F)CN. The Balaban J connectivity index is 5.36. The van der Waals surface area contributed by atoms with Crippen LogP contribution >= 0.6 is 0 Å². The van der Waals surface area contributed by atoms with Crippen molar-refractivity contribution in [1.29, 1.82) is 0 Å². The zero-order valence-corrected chi connectivity index (χ0v) is 12.2. The Hall–Kier alpha value is -1.27. The van der Waals surface area contributed by atoms with Crippen molar-refractivity contribution in [1.82, 2.24) is 5.32 Å². The molecule has 0 aromatic heterocycles. The molecule has 6 heteroatoms. The second-order valence-corrected chi connectivity index (χ2v) is 4.53. The lowest BCUT2D eigenvalue weighted by Crippen LogP contribution is -2.25. The van der Waals surface area contributed by atoms with Crippen LogP contribution in [0, 0.1) is 0 Å². The van der Waals surface area contributed by atoms with E-state index >= 15 is 0 Å². The van der Waals surface area contributed by atoms with Gasteiger partial charge in [0, 0.05) is 25.6 Å². The van der Waals surface area contributed by atoms with Gasteiger partial charge in [-0.1, -0.05) is 26.5 Å². The molecule has 0 unspecified atom stereocenters. The third-order valence-electron chi connectivity index (χ3n) is 2.58. The number of alkyl halides is 3. The molecular formula is C14H23F3N2O. The lowest BCUT2D eigenvalue weighted by atomic mass is 10.1. The summed E-state index contributed by atoms with van der Waals surface area (Å²) in [6.45, 7) is 7.68. The van der Waals surface area contributed by atoms with Crippen LogP contribution in [-0.4, -0.2) is 32.4 Å². The lowest BCUT2D eigenvalue weighted by Gasteiger charge is -2.16. The van der Waals surface area contributed by atoms with Gasteiger partial charge in [0.05, 0.1) is 12.7 Å². The van der Waals surface area contributed by atoms with E-state index in [1.165, 1.54) is 13.2 Å². The Bertz CT molecular complexity index is 371. The largest absolute Gasteiger partial charge is 0.500 e. The zero-order chi connectivity index (χ0) is 15.8. The third kappa shape index (κ3) is 6.77. The summed E-state index contributed by atoms with van der Waals surface area (Å²) in [6, 6.07) is 0.200. The fourth-order valence-corrected chi connectivity index (χ4v) is 1.53. The first-order chi connectivity index (χ1) is 9.26. The summed E-state index contributed by atoms with van der Waals surface area (Å²) >= 11 is 0. The van der Waals surface area contributed by atoms with Crippen molar-refractivity contribution in [3.63, 3.8) is 0 Å². The van der Waals surface area contributed by atoms with Crippen LogP contribution in [0.3, 0.4) is 0 Å². The van der Waals surface area contributed by atoms with Gasteiger partial charge >= 0.3 is 6.18 Å². The highest BCUT2D eigenvalue weighted by atomic mass is 19.4. The average molecular weight is 292 g/mol. The normalized spacial score (nSPS) is 14.3. The number of ether oxygens (including phenoxy) is 1. The molecule has 0 heterocycles. The van der Waals surface area contributed by atoms with E-state index in [0.29, 0.717) is 12.1 Å². The van der Waals surface area contributed by atoms with Gasteiger partial charge < -0.3 is 15.8 Å². The van der Waals surface area contributed by atoms with E-state index in [0.717, 1.165) is 6.08 Å². The van der Waals surface area contributed by atoms with Gasteiger partial charge in [0.15, 0.2) is 0 Å². The standard InChI is InChI=1S/C14H23F3N2O/c1-5-11(9-18)8-12(14(15,16)17)13(20-4)6-7-19-10(2)3/h5,8,10,19H,1,6-7,9,18H2,2-4H3/b11-8+,13-12-. The summed E-state index contributed by atoms with van der Waals surface area (Å²) in [4.78, 5) is 0. The Morgan fingerprint density at radius 2 is 2.00 bits per heavy atom. The first-order valence-electron chi connectivity index (χ1n) is 6.37. The Kier molecular flexibility index (Phi) is 8.25. The number of rotatable bonds is 8. The third-order valence-corrected chi connectivity index (χ3v) is 2.58. The molecule has 3 N–H and O–H groups in total. The predicted octanol–water partition coefficient (Wildman–Crippen LogP) is 2.91. The van der Waals surface area contributed by atoms with Gasteiger partial charge in [-0.3, -0.25) is 0 Å². The quantitative estimate of drug-likeness (QED) is 0.534. The highest BCUT2D eigenvalue weighted by Gasteiger charge is 2.35. The molecular weight excluding hydrogens is 269 g/mol. The van der Waals surface area contributed by atoms with Crippen LogP contribution < -0.4 is 11.1 Å². The van der Waals surface area contributed by atoms with E-state index in [9.17, 15) is 13.2 Å². The molecule has 0 spiro atoms. The van der Waals surface area contributed by atoms with Gasteiger partial charge in [-0.15, -0.1) is 0 Å². The van der Waals surface area contributed by atoms with E-state index in [1.807, 2.05) is 13.8 Å². The number of methoxy groups -OCH3 is 1. The van der Waals surface area contributed by atoms with Gasteiger partial charge in [-0.2, -0.15) is 13.2 Å². The fraction of sp³-hybridized carbons (Fsp3) is 0.571. The highest BCUT2D eigenvalue weighted by Crippen LogP contribution is 2.31. The van der Waals surface area contributed by atoms with E-state index in [1.54, 1.807) is 0 Å². The fourth-order valence-electron chi connectivity index (χ4n) is 1.53. The summed E-state index contributed by atoms with van der Waals surface area (Å²) in [5.41, 5.74) is 4.87. The molecule has 0 fully saturated rings. The summed E-state index contributed by atoms with van der Waals surface area (Å²) in [5, 5.41) is 3.05. The number of allylic oxidation sites excluding steroid dienone is 2. The van der Waals surface area contributed by atoms with Crippen LogP contribution in [0.2, 0.25) is 0 Å². The van der Waals surface area contributed by atoms with E-state index in [2.05, 4.69) is 11.9 Å². The van der Waals surface area contributed by atoms with E-state index < -0.39 is 11.7 Å². The smallest absolute Gasteiger partial charge is 0.419 e. The van der Waals surface area contributed by atoms with Crippen LogP contribution in [0.25, 0.3) is 0 Å². The molecule has 0 radical (unpaired) electrons. The molecule has 20 heavy (non-hydrogen) atoms. The van der Waals surface area contributed by atoms with Crippen LogP contribution in [0.1, 0.15) is 20.3 Å². The Morgan fingerprint density at radius 1 is 1.40 bits per heavy atom. The lowest BCUT2D eigenvalue weighted by molar-refractivity contribution is -0.0916. The minimum absolute atomic E-state index is 0.00960. The molecule has 0 aromatic carbocycles. The second kappa shape index (κ2) is 8.81. The average Bonchev–Trinajstić information content (AvgIpc) is 2.35. The number of halogens is 3. The van der Waals surface area contributed by atoms with Gasteiger partial charge in [0.2, 0.25) is 0 Å². The topological polar surface area (TPSA) is 47.3 Å². The van der Waals surface area contributed by atoms with Crippen molar-refractivity contribution in [2.45, 2.75) is 32.5 Å². The van der Waals surface area contributed by atoms with Crippen molar-refractivity contribution >= 4 is 0 Å². The number of nitrogens with one attached hydrogen (secondary N) is 1. The molecule has 3 nitrogen and oxygen atoms in total. The van der Waals surface area contributed by atoms with Gasteiger partial charge in [-0.25, -0.2) is 0 Å². The molecule has 116 valence electrons. The van der Waals surface area contributed by atoms with Crippen molar-refractivity contribution in [2.75, 3.05) is 20.2 Å². The van der Waals surface area contributed by atoms with Gasteiger partial charge in [-0.05, 0) is 11.6 Å². The highest BCUT2D eigenvalue weighted by molar-refractivity contribution is 5.35. The number of hydrogen-bond donors (Lipinski definition) is 2. The van der Waals surface area contributed by atoms with Crippen LogP contribution in [0.15, 0.2) is 35.6 Å². The van der Waals surface area contributed by atoms with Crippen LogP contribution in [0.5, 0.6) is 0 Å².